The maximum atomic E-state index is 12.5. The van der Waals surface area contributed by atoms with Crippen molar-refractivity contribution >= 4 is 17.2 Å². The lowest BCUT2D eigenvalue weighted by Gasteiger charge is -2.16. The fourth-order valence-electron chi connectivity index (χ4n) is 3.20. The van der Waals surface area contributed by atoms with Crippen LogP contribution in [0.15, 0.2) is 6.20 Å². The monoisotopic (exact) mass is 318 g/mol. The predicted octanol–water partition coefficient (Wildman–Crippen LogP) is 2.36. The highest BCUT2D eigenvalue weighted by atomic mass is 32.1. The summed E-state index contributed by atoms with van der Waals surface area (Å²) in [6, 6.07) is 0. The average molecular weight is 318 g/mol. The highest BCUT2D eigenvalue weighted by molar-refractivity contribution is 7.11. The Hall–Kier alpha value is -1.69. The average Bonchev–Trinajstić information content (AvgIpc) is 3.10. The second-order valence-electron chi connectivity index (χ2n) is 6.09. The van der Waals surface area contributed by atoms with Crippen molar-refractivity contribution in [2.75, 3.05) is 13.1 Å². The SMILES string of the molecule is Cc1cn(C)c([C@H]2CCN(C(=O)Cc3sc(C)nc3C)C2)n1. The summed E-state index contributed by atoms with van der Waals surface area (Å²) in [6.07, 6.45) is 3.52. The summed E-state index contributed by atoms with van der Waals surface area (Å²) in [6.45, 7) is 7.58. The molecule has 0 N–H and O–H groups in total. The van der Waals surface area contributed by atoms with Crippen LogP contribution in [0.25, 0.3) is 0 Å². The fourth-order valence-corrected chi connectivity index (χ4v) is 4.13. The van der Waals surface area contributed by atoms with Gasteiger partial charge in [-0.2, -0.15) is 0 Å². The number of aryl methyl sites for hydroxylation is 4. The highest BCUT2D eigenvalue weighted by Crippen LogP contribution is 2.27. The molecule has 0 unspecified atom stereocenters. The van der Waals surface area contributed by atoms with Gasteiger partial charge >= 0.3 is 0 Å². The number of imidazole rings is 1. The van der Waals surface area contributed by atoms with Crippen molar-refractivity contribution < 1.29 is 4.79 Å². The molecule has 2 aromatic rings. The molecule has 22 heavy (non-hydrogen) atoms. The first-order valence-electron chi connectivity index (χ1n) is 7.64. The number of rotatable bonds is 3. The molecule has 1 fully saturated rings. The molecule has 1 saturated heterocycles. The number of thiazole rings is 1. The number of amides is 1. The van der Waals surface area contributed by atoms with Crippen LogP contribution < -0.4 is 0 Å². The van der Waals surface area contributed by atoms with Gasteiger partial charge in [0.15, 0.2) is 0 Å². The van der Waals surface area contributed by atoms with Crippen LogP contribution in [0.2, 0.25) is 0 Å². The molecule has 1 amide bonds. The van der Waals surface area contributed by atoms with Gasteiger partial charge in [0, 0.05) is 37.1 Å². The summed E-state index contributed by atoms with van der Waals surface area (Å²) < 4.78 is 2.09. The first kappa shape index (κ1) is 15.2. The van der Waals surface area contributed by atoms with E-state index in [0.29, 0.717) is 12.3 Å². The van der Waals surface area contributed by atoms with Crippen LogP contribution in [0.5, 0.6) is 0 Å². The van der Waals surface area contributed by atoms with Crippen molar-refractivity contribution in [3.05, 3.63) is 33.3 Å². The summed E-state index contributed by atoms with van der Waals surface area (Å²) in [4.78, 5) is 24.6. The third kappa shape index (κ3) is 2.92. The van der Waals surface area contributed by atoms with Gasteiger partial charge < -0.3 is 9.47 Å². The minimum Gasteiger partial charge on any atom is -0.342 e. The molecule has 1 atom stereocenters. The normalized spacial score (nSPS) is 18.2. The van der Waals surface area contributed by atoms with E-state index in [2.05, 4.69) is 14.5 Å². The first-order valence-corrected chi connectivity index (χ1v) is 8.46. The Bertz CT molecular complexity index is 703. The van der Waals surface area contributed by atoms with E-state index in [4.69, 9.17) is 0 Å². The maximum absolute atomic E-state index is 12.5. The smallest absolute Gasteiger partial charge is 0.227 e. The van der Waals surface area contributed by atoms with Crippen molar-refractivity contribution in [2.45, 2.75) is 39.5 Å². The van der Waals surface area contributed by atoms with Gasteiger partial charge in [0.2, 0.25) is 5.91 Å². The van der Waals surface area contributed by atoms with Crippen LogP contribution in [0.1, 0.15) is 39.4 Å². The number of hydrogen-bond acceptors (Lipinski definition) is 4. The molecule has 0 aliphatic carbocycles. The number of likely N-dealkylation sites (tertiary alicyclic amines) is 1. The van der Waals surface area contributed by atoms with Gasteiger partial charge in [-0.05, 0) is 27.2 Å². The third-order valence-corrected chi connectivity index (χ3v) is 5.32. The Morgan fingerprint density at radius 2 is 2.14 bits per heavy atom. The van der Waals surface area contributed by atoms with Crippen molar-refractivity contribution in [2.24, 2.45) is 7.05 Å². The van der Waals surface area contributed by atoms with Gasteiger partial charge in [-0.3, -0.25) is 4.79 Å². The van der Waals surface area contributed by atoms with Crippen LogP contribution in [0, 0.1) is 20.8 Å². The molecule has 6 heteroatoms. The molecule has 1 aliphatic heterocycles. The molecular weight excluding hydrogens is 296 g/mol. The lowest BCUT2D eigenvalue weighted by molar-refractivity contribution is -0.129. The number of nitrogens with zero attached hydrogens (tertiary/aromatic N) is 4. The van der Waals surface area contributed by atoms with E-state index in [1.165, 1.54) is 0 Å². The maximum Gasteiger partial charge on any atom is 0.227 e. The summed E-state index contributed by atoms with van der Waals surface area (Å²) in [5, 5.41) is 1.03. The molecule has 0 bridgehead atoms. The largest absolute Gasteiger partial charge is 0.342 e. The Kier molecular flexibility index (Phi) is 4.04. The molecular formula is C16H22N4OS. The minimum absolute atomic E-state index is 0.209. The van der Waals surface area contributed by atoms with Crippen molar-refractivity contribution in [3.8, 4) is 0 Å². The lowest BCUT2D eigenvalue weighted by atomic mass is 10.1. The zero-order valence-electron chi connectivity index (χ0n) is 13.6. The number of aromatic nitrogens is 3. The van der Waals surface area contributed by atoms with Crippen molar-refractivity contribution in [1.82, 2.24) is 19.4 Å². The van der Waals surface area contributed by atoms with E-state index in [1.54, 1.807) is 11.3 Å². The first-order chi connectivity index (χ1) is 10.4. The fraction of sp³-hybridized carbons (Fsp3) is 0.562. The zero-order chi connectivity index (χ0) is 15.9. The van der Waals surface area contributed by atoms with Gasteiger partial charge in [0.25, 0.3) is 0 Å². The Morgan fingerprint density at radius 3 is 2.73 bits per heavy atom. The van der Waals surface area contributed by atoms with Crippen LogP contribution in [0.3, 0.4) is 0 Å². The van der Waals surface area contributed by atoms with Gasteiger partial charge in [0.1, 0.15) is 5.82 Å². The van der Waals surface area contributed by atoms with Crippen molar-refractivity contribution in [1.29, 1.82) is 0 Å². The second kappa shape index (κ2) is 5.83. The lowest BCUT2D eigenvalue weighted by Crippen LogP contribution is -2.30. The third-order valence-electron chi connectivity index (χ3n) is 4.25. The van der Waals surface area contributed by atoms with E-state index >= 15 is 0 Å². The standard InChI is InChI=1S/C16H22N4OS/c1-10-8-19(4)16(17-10)13-5-6-20(9-13)15(21)7-14-11(2)18-12(3)22-14/h8,13H,5-7,9H2,1-4H3/t13-/m0/s1. The van der Waals surface area contributed by atoms with Crippen LogP contribution in [-0.2, 0) is 18.3 Å². The molecule has 3 rings (SSSR count). The molecule has 0 saturated carbocycles. The topological polar surface area (TPSA) is 51.0 Å². The molecule has 1 aliphatic rings. The summed E-state index contributed by atoms with van der Waals surface area (Å²) in [7, 11) is 2.03. The number of carbonyl (C=O) groups is 1. The Balaban J connectivity index is 1.66. The van der Waals surface area contributed by atoms with Crippen molar-refractivity contribution in [3.63, 3.8) is 0 Å². The summed E-state index contributed by atoms with van der Waals surface area (Å²) in [5.41, 5.74) is 2.03. The van der Waals surface area contributed by atoms with Crippen LogP contribution in [-0.4, -0.2) is 38.4 Å². The van der Waals surface area contributed by atoms with Gasteiger partial charge in [0.05, 0.1) is 22.8 Å². The van der Waals surface area contributed by atoms with Gasteiger partial charge in [-0.15, -0.1) is 11.3 Å². The molecule has 0 radical (unpaired) electrons. The number of carbonyl (C=O) groups excluding carboxylic acids is 1. The highest BCUT2D eigenvalue weighted by Gasteiger charge is 2.30. The van der Waals surface area contributed by atoms with E-state index < -0.39 is 0 Å². The second-order valence-corrected chi connectivity index (χ2v) is 7.38. The van der Waals surface area contributed by atoms with E-state index in [0.717, 1.165) is 46.6 Å². The molecule has 118 valence electrons. The summed E-state index contributed by atoms with van der Waals surface area (Å²) in [5.74, 6) is 1.66. The quantitative estimate of drug-likeness (QED) is 0.873. The van der Waals surface area contributed by atoms with Crippen LogP contribution >= 0.6 is 11.3 Å². The molecule has 3 heterocycles. The van der Waals surface area contributed by atoms with Gasteiger partial charge in [-0.25, -0.2) is 9.97 Å². The van der Waals surface area contributed by atoms with E-state index in [-0.39, 0.29) is 5.91 Å². The summed E-state index contributed by atoms with van der Waals surface area (Å²) >= 11 is 1.63. The molecule has 5 nitrogen and oxygen atoms in total. The minimum atomic E-state index is 0.209. The number of hydrogen-bond donors (Lipinski definition) is 0. The Labute approximate surface area is 135 Å². The van der Waals surface area contributed by atoms with Gasteiger partial charge in [-0.1, -0.05) is 0 Å². The molecule has 2 aromatic heterocycles. The van der Waals surface area contributed by atoms with E-state index in [9.17, 15) is 4.79 Å². The molecule has 0 aromatic carbocycles. The van der Waals surface area contributed by atoms with E-state index in [1.807, 2.05) is 38.9 Å². The Morgan fingerprint density at radius 1 is 1.36 bits per heavy atom. The molecule has 0 spiro atoms. The zero-order valence-corrected chi connectivity index (χ0v) is 14.4. The predicted molar refractivity (Wildman–Crippen MR) is 87.2 cm³/mol. The van der Waals surface area contributed by atoms with Crippen LogP contribution in [0.4, 0.5) is 0 Å².